The molecule has 1 aliphatic rings. The Labute approximate surface area is 137 Å². The summed E-state index contributed by atoms with van der Waals surface area (Å²) in [7, 11) is 0. The summed E-state index contributed by atoms with van der Waals surface area (Å²) in [6.07, 6.45) is 5.01. The van der Waals surface area contributed by atoms with Crippen LogP contribution in [-0.4, -0.2) is 49.5 Å². The van der Waals surface area contributed by atoms with Gasteiger partial charge in [0.2, 0.25) is 0 Å². The van der Waals surface area contributed by atoms with Crippen molar-refractivity contribution in [1.82, 2.24) is 4.90 Å². The first-order valence-corrected chi connectivity index (χ1v) is 8.31. The van der Waals surface area contributed by atoms with Crippen LogP contribution in [0.1, 0.15) is 43.0 Å². The SMILES string of the molecule is CCCN(CC1CCCCO1)C(=O)COc1ccccc1C=O. The summed E-state index contributed by atoms with van der Waals surface area (Å²) < 4.78 is 11.3. The molecule has 1 amide bonds. The second-order valence-corrected chi connectivity index (χ2v) is 5.77. The molecule has 5 heteroatoms. The summed E-state index contributed by atoms with van der Waals surface area (Å²) in [5.41, 5.74) is 0.456. The number of hydrogen-bond donors (Lipinski definition) is 0. The minimum absolute atomic E-state index is 0.0580. The van der Waals surface area contributed by atoms with Crippen LogP contribution in [0.25, 0.3) is 0 Å². The fourth-order valence-corrected chi connectivity index (χ4v) is 2.73. The molecular weight excluding hydrogens is 294 g/mol. The lowest BCUT2D eigenvalue weighted by Crippen LogP contribution is -2.42. The average Bonchev–Trinajstić information content (AvgIpc) is 2.60. The van der Waals surface area contributed by atoms with Crippen LogP contribution >= 0.6 is 0 Å². The number of para-hydroxylation sites is 1. The van der Waals surface area contributed by atoms with Crippen molar-refractivity contribution in [3.8, 4) is 5.75 Å². The Balaban J connectivity index is 1.90. The lowest BCUT2D eigenvalue weighted by atomic mass is 10.1. The molecule has 1 aliphatic heterocycles. The summed E-state index contributed by atoms with van der Waals surface area (Å²) >= 11 is 0. The Bertz CT molecular complexity index is 511. The van der Waals surface area contributed by atoms with Gasteiger partial charge in [-0.3, -0.25) is 9.59 Å². The smallest absolute Gasteiger partial charge is 0.260 e. The number of hydrogen-bond acceptors (Lipinski definition) is 4. The molecule has 5 nitrogen and oxygen atoms in total. The highest BCUT2D eigenvalue weighted by Crippen LogP contribution is 2.17. The number of benzene rings is 1. The minimum atomic E-state index is -0.0678. The molecule has 0 bridgehead atoms. The number of aldehydes is 1. The normalized spacial score (nSPS) is 17.5. The van der Waals surface area contributed by atoms with Gasteiger partial charge in [0, 0.05) is 19.7 Å². The third kappa shape index (κ3) is 5.36. The maximum absolute atomic E-state index is 12.4. The van der Waals surface area contributed by atoms with E-state index in [1.807, 2.05) is 6.92 Å². The quantitative estimate of drug-likeness (QED) is 0.691. The Morgan fingerprint density at radius 3 is 2.91 bits per heavy atom. The van der Waals surface area contributed by atoms with E-state index in [4.69, 9.17) is 9.47 Å². The third-order valence-corrected chi connectivity index (χ3v) is 3.94. The number of amides is 1. The van der Waals surface area contributed by atoms with Crippen LogP contribution in [0.4, 0.5) is 0 Å². The molecule has 23 heavy (non-hydrogen) atoms. The highest BCUT2D eigenvalue weighted by molar-refractivity contribution is 5.80. The molecule has 0 N–H and O–H groups in total. The molecule has 1 heterocycles. The first kappa shape index (κ1) is 17.5. The number of rotatable bonds is 8. The largest absolute Gasteiger partial charge is 0.483 e. The zero-order valence-corrected chi connectivity index (χ0v) is 13.7. The van der Waals surface area contributed by atoms with Crippen LogP contribution in [-0.2, 0) is 9.53 Å². The van der Waals surface area contributed by atoms with Crippen molar-refractivity contribution in [1.29, 1.82) is 0 Å². The van der Waals surface area contributed by atoms with E-state index in [1.165, 1.54) is 0 Å². The number of carbonyl (C=O) groups is 2. The van der Waals surface area contributed by atoms with Crippen LogP contribution in [0, 0.1) is 0 Å². The fraction of sp³-hybridized carbons (Fsp3) is 0.556. The third-order valence-electron chi connectivity index (χ3n) is 3.94. The molecule has 1 atom stereocenters. The Morgan fingerprint density at radius 1 is 1.39 bits per heavy atom. The monoisotopic (exact) mass is 319 g/mol. The lowest BCUT2D eigenvalue weighted by Gasteiger charge is -2.29. The molecule has 1 saturated heterocycles. The van der Waals surface area contributed by atoms with Gasteiger partial charge < -0.3 is 14.4 Å². The van der Waals surface area contributed by atoms with Gasteiger partial charge in [-0.2, -0.15) is 0 Å². The first-order valence-electron chi connectivity index (χ1n) is 8.31. The molecule has 0 spiro atoms. The van der Waals surface area contributed by atoms with Gasteiger partial charge in [0.25, 0.3) is 5.91 Å². The molecule has 0 aliphatic carbocycles. The van der Waals surface area contributed by atoms with Crippen molar-refractivity contribution in [3.05, 3.63) is 29.8 Å². The maximum Gasteiger partial charge on any atom is 0.260 e. The molecule has 0 aromatic heterocycles. The van der Waals surface area contributed by atoms with Crippen molar-refractivity contribution >= 4 is 12.2 Å². The van der Waals surface area contributed by atoms with Crippen molar-refractivity contribution in [2.75, 3.05) is 26.3 Å². The van der Waals surface area contributed by atoms with Gasteiger partial charge in [-0.1, -0.05) is 19.1 Å². The molecule has 126 valence electrons. The second kappa shape index (κ2) is 9.30. The van der Waals surface area contributed by atoms with E-state index in [0.29, 0.717) is 24.4 Å². The van der Waals surface area contributed by atoms with Gasteiger partial charge in [0.1, 0.15) is 5.75 Å². The molecular formula is C18H25NO4. The topological polar surface area (TPSA) is 55.8 Å². The Hall–Kier alpha value is -1.88. The molecule has 2 rings (SSSR count). The summed E-state index contributed by atoms with van der Waals surface area (Å²) in [6, 6.07) is 6.92. The summed E-state index contributed by atoms with van der Waals surface area (Å²) in [5.74, 6) is 0.378. The molecule has 1 unspecified atom stereocenters. The van der Waals surface area contributed by atoms with Crippen molar-refractivity contribution in [3.63, 3.8) is 0 Å². The number of ether oxygens (including phenoxy) is 2. The highest BCUT2D eigenvalue weighted by Gasteiger charge is 2.21. The van der Waals surface area contributed by atoms with E-state index in [0.717, 1.165) is 38.6 Å². The molecule has 0 saturated carbocycles. The molecule has 1 aromatic carbocycles. The van der Waals surface area contributed by atoms with Gasteiger partial charge >= 0.3 is 0 Å². The number of carbonyl (C=O) groups excluding carboxylic acids is 2. The zero-order valence-electron chi connectivity index (χ0n) is 13.7. The maximum atomic E-state index is 12.4. The van der Waals surface area contributed by atoms with Crippen LogP contribution in [0.2, 0.25) is 0 Å². The number of nitrogens with zero attached hydrogens (tertiary/aromatic N) is 1. The summed E-state index contributed by atoms with van der Waals surface area (Å²) in [4.78, 5) is 25.2. The van der Waals surface area contributed by atoms with E-state index in [9.17, 15) is 9.59 Å². The Kier molecular flexibility index (Phi) is 7.07. The van der Waals surface area contributed by atoms with Crippen LogP contribution in [0.5, 0.6) is 5.75 Å². The lowest BCUT2D eigenvalue weighted by molar-refractivity contribution is -0.136. The van der Waals surface area contributed by atoms with E-state index >= 15 is 0 Å². The van der Waals surface area contributed by atoms with Crippen LogP contribution < -0.4 is 4.74 Å². The predicted molar refractivity (Wildman–Crippen MR) is 87.8 cm³/mol. The molecule has 1 aromatic rings. The minimum Gasteiger partial charge on any atom is -0.483 e. The second-order valence-electron chi connectivity index (χ2n) is 5.77. The predicted octanol–water partition coefficient (Wildman–Crippen LogP) is 2.69. The van der Waals surface area contributed by atoms with Gasteiger partial charge in [0.05, 0.1) is 11.7 Å². The standard InChI is InChI=1S/C18H25NO4/c1-2-10-19(12-16-8-5-6-11-22-16)18(21)14-23-17-9-4-3-7-15(17)13-20/h3-4,7,9,13,16H,2,5-6,8,10-12,14H2,1H3. The van der Waals surface area contributed by atoms with Gasteiger partial charge in [-0.05, 0) is 37.8 Å². The van der Waals surface area contributed by atoms with Gasteiger partial charge in [-0.25, -0.2) is 0 Å². The highest BCUT2D eigenvalue weighted by atomic mass is 16.5. The molecule has 1 fully saturated rings. The Morgan fingerprint density at radius 2 is 2.22 bits per heavy atom. The van der Waals surface area contributed by atoms with Crippen LogP contribution in [0.3, 0.4) is 0 Å². The average molecular weight is 319 g/mol. The van der Waals surface area contributed by atoms with E-state index in [2.05, 4.69) is 0 Å². The summed E-state index contributed by atoms with van der Waals surface area (Å²) in [6.45, 7) is 4.08. The van der Waals surface area contributed by atoms with E-state index < -0.39 is 0 Å². The van der Waals surface area contributed by atoms with E-state index in [1.54, 1.807) is 29.2 Å². The van der Waals surface area contributed by atoms with Gasteiger partial charge in [0.15, 0.2) is 12.9 Å². The summed E-state index contributed by atoms with van der Waals surface area (Å²) in [5, 5.41) is 0. The zero-order chi connectivity index (χ0) is 16.5. The van der Waals surface area contributed by atoms with Crippen molar-refractivity contribution in [2.45, 2.75) is 38.7 Å². The van der Waals surface area contributed by atoms with Gasteiger partial charge in [-0.15, -0.1) is 0 Å². The first-order chi connectivity index (χ1) is 11.2. The fourth-order valence-electron chi connectivity index (χ4n) is 2.73. The van der Waals surface area contributed by atoms with E-state index in [-0.39, 0.29) is 18.6 Å². The molecule has 0 radical (unpaired) electrons. The van der Waals surface area contributed by atoms with Crippen molar-refractivity contribution < 1.29 is 19.1 Å². The van der Waals surface area contributed by atoms with Crippen LogP contribution in [0.15, 0.2) is 24.3 Å². The van der Waals surface area contributed by atoms with Crippen molar-refractivity contribution in [2.24, 2.45) is 0 Å².